The monoisotopic (exact) mass is 469 g/mol. The van der Waals surface area contributed by atoms with Crippen LogP contribution in [0.4, 0.5) is 17.6 Å². The second-order valence-corrected chi connectivity index (χ2v) is 7.01. The minimum absolute atomic E-state index is 0.0478. The first-order valence-electron chi connectivity index (χ1n) is 8.72. The Bertz CT molecular complexity index is 1330. The van der Waals surface area contributed by atoms with Crippen LogP contribution < -0.4 is 15.9 Å². The molecule has 1 N–H and O–H groups in total. The van der Waals surface area contributed by atoms with Crippen molar-refractivity contribution in [2.24, 2.45) is 0 Å². The summed E-state index contributed by atoms with van der Waals surface area (Å²) in [4.78, 5) is 28.3. The standard InChI is InChI=1S/C19H12ClF4N5O3/c1-19(23,24)13-4-10(17(30)28-27-13)7-29-8-26-14(16(21)22)15(18(29)31)32-12-3-9(6-25)2-11(20)5-12/h2-5,8,16H,7H2,1H3,(H,28,30). The van der Waals surface area contributed by atoms with Crippen LogP contribution in [-0.4, -0.2) is 19.7 Å². The molecule has 0 aliphatic carbocycles. The van der Waals surface area contributed by atoms with Gasteiger partial charge in [-0.25, -0.2) is 18.9 Å². The number of nitrogens with zero attached hydrogens (tertiary/aromatic N) is 4. The van der Waals surface area contributed by atoms with Gasteiger partial charge in [0.05, 0.1) is 24.5 Å². The smallest absolute Gasteiger partial charge is 0.297 e. The van der Waals surface area contributed by atoms with Crippen LogP contribution in [-0.2, 0) is 12.5 Å². The average molecular weight is 470 g/mol. The molecule has 166 valence electrons. The van der Waals surface area contributed by atoms with Gasteiger partial charge in [-0.1, -0.05) is 11.6 Å². The van der Waals surface area contributed by atoms with Gasteiger partial charge in [0.1, 0.15) is 11.4 Å². The van der Waals surface area contributed by atoms with E-state index < -0.39 is 47.1 Å². The van der Waals surface area contributed by atoms with Crippen molar-refractivity contribution in [2.75, 3.05) is 0 Å². The van der Waals surface area contributed by atoms with Crippen LogP contribution in [0, 0.1) is 11.3 Å². The predicted octanol–water partition coefficient (Wildman–Crippen LogP) is 3.74. The molecule has 32 heavy (non-hydrogen) atoms. The van der Waals surface area contributed by atoms with E-state index in [1.807, 2.05) is 5.10 Å². The first kappa shape index (κ1) is 23.0. The van der Waals surface area contributed by atoms with Crippen molar-refractivity contribution < 1.29 is 22.3 Å². The number of aromatic nitrogens is 4. The summed E-state index contributed by atoms with van der Waals surface area (Å²) in [6.45, 7) is -0.0132. The summed E-state index contributed by atoms with van der Waals surface area (Å²) in [5.41, 5.74) is -3.96. The number of alkyl halides is 4. The summed E-state index contributed by atoms with van der Waals surface area (Å²) in [5.74, 6) is -4.43. The molecule has 0 saturated carbocycles. The molecule has 0 amide bonds. The van der Waals surface area contributed by atoms with Gasteiger partial charge in [-0.05, 0) is 24.3 Å². The average Bonchev–Trinajstić information content (AvgIpc) is 2.70. The number of halogens is 5. The zero-order valence-electron chi connectivity index (χ0n) is 16.1. The highest BCUT2D eigenvalue weighted by molar-refractivity contribution is 6.30. The van der Waals surface area contributed by atoms with Crippen molar-refractivity contribution in [1.29, 1.82) is 5.26 Å². The van der Waals surface area contributed by atoms with Gasteiger partial charge in [0.25, 0.3) is 23.5 Å². The zero-order chi connectivity index (χ0) is 23.6. The normalized spacial score (nSPS) is 11.4. The van der Waals surface area contributed by atoms with E-state index >= 15 is 0 Å². The lowest BCUT2D eigenvalue weighted by atomic mass is 10.2. The van der Waals surface area contributed by atoms with Crippen molar-refractivity contribution in [3.63, 3.8) is 0 Å². The van der Waals surface area contributed by atoms with Gasteiger partial charge in [-0.3, -0.25) is 14.2 Å². The number of H-pyrrole nitrogens is 1. The molecule has 2 heterocycles. The molecule has 3 aromatic rings. The number of aromatic amines is 1. The lowest BCUT2D eigenvalue weighted by Gasteiger charge is -2.14. The van der Waals surface area contributed by atoms with E-state index in [-0.39, 0.29) is 21.9 Å². The molecule has 0 saturated heterocycles. The van der Waals surface area contributed by atoms with Crippen LogP contribution in [0.3, 0.4) is 0 Å². The Kier molecular flexibility index (Phi) is 6.31. The molecule has 0 aliphatic heterocycles. The number of rotatable bonds is 6. The first-order valence-corrected chi connectivity index (χ1v) is 9.10. The molecule has 0 aliphatic rings. The fraction of sp³-hybridized carbons (Fsp3) is 0.211. The van der Waals surface area contributed by atoms with Crippen LogP contribution in [0.15, 0.2) is 40.2 Å². The molecule has 0 spiro atoms. The summed E-state index contributed by atoms with van der Waals surface area (Å²) >= 11 is 5.86. The van der Waals surface area contributed by atoms with Gasteiger partial charge >= 0.3 is 0 Å². The summed E-state index contributed by atoms with van der Waals surface area (Å²) < 4.78 is 59.9. The second-order valence-electron chi connectivity index (χ2n) is 6.58. The molecule has 1 aromatic carbocycles. The molecular weight excluding hydrogens is 458 g/mol. The van der Waals surface area contributed by atoms with Crippen molar-refractivity contribution in [2.45, 2.75) is 25.8 Å². The maximum atomic E-state index is 13.5. The Morgan fingerprint density at radius 2 is 2.00 bits per heavy atom. The second kappa shape index (κ2) is 8.80. The number of nitrogens with one attached hydrogen (secondary N) is 1. The van der Waals surface area contributed by atoms with E-state index in [0.717, 1.165) is 17.0 Å². The van der Waals surface area contributed by atoms with Crippen molar-refractivity contribution >= 4 is 11.6 Å². The van der Waals surface area contributed by atoms with Crippen LogP contribution in [0.5, 0.6) is 11.5 Å². The minimum atomic E-state index is -3.37. The van der Waals surface area contributed by atoms with E-state index in [1.165, 1.54) is 18.2 Å². The topological polar surface area (TPSA) is 114 Å². The molecule has 3 rings (SSSR count). The van der Waals surface area contributed by atoms with Crippen molar-refractivity contribution in [3.8, 4) is 17.6 Å². The van der Waals surface area contributed by atoms with Crippen molar-refractivity contribution in [3.05, 3.63) is 78.8 Å². The Morgan fingerprint density at radius 3 is 2.62 bits per heavy atom. The Balaban J connectivity index is 2.08. The van der Waals surface area contributed by atoms with E-state index in [4.69, 9.17) is 21.6 Å². The number of ether oxygens (including phenoxy) is 1. The van der Waals surface area contributed by atoms with Crippen LogP contribution >= 0.6 is 11.6 Å². The highest BCUT2D eigenvalue weighted by atomic mass is 35.5. The zero-order valence-corrected chi connectivity index (χ0v) is 16.8. The Hall–Kier alpha value is -3.72. The predicted molar refractivity (Wildman–Crippen MR) is 103 cm³/mol. The van der Waals surface area contributed by atoms with Gasteiger partial charge in [-0.15, -0.1) is 0 Å². The van der Waals surface area contributed by atoms with Gasteiger partial charge in [0.2, 0.25) is 5.75 Å². The van der Waals surface area contributed by atoms with E-state index in [2.05, 4.69) is 10.1 Å². The summed E-state index contributed by atoms with van der Waals surface area (Å²) in [5, 5.41) is 14.2. The van der Waals surface area contributed by atoms with E-state index in [9.17, 15) is 27.2 Å². The van der Waals surface area contributed by atoms with Crippen LogP contribution in [0.25, 0.3) is 0 Å². The maximum Gasteiger partial charge on any atom is 0.297 e. The van der Waals surface area contributed by atoms with Gasteiger partial charge in [0.15, 0.2) is 5.69 Å². The van der Waals surface area contributed by atoms with Crippen molar-refractivity contribution in [1.82, 2.24) is 19.7 Å². The highest BCUT2D eigenvalue weighted by Gasteiger charge is 2.28. The quantitative estimate of drug-likeness (QED) is 0.550. The lowest BCUT2D eigenvalue weighted by Crippen LogP contribution is -2.28. The fourth-order valence-corrected chi connectivity index (χ4v) is 2.85. The van der Waals surface area contributed by atoms with E-state index in [1.54, 1.807) is 6.07 Å². The van der Waals surface area contributed by atoms with Gasteiger partial charge in [0, 0.05) is 17.5 Å². The maximum absolute atomic E-state index is 13.5. The number of nitriles is 1. The third-order valence-corrected chi connectivity index (χ3v) is 4.34. The summed E-state index contributed by atoms with van der Waals surface area (Å²) in [6, 6.07) is 6.24. The summed E-state index contributed by atoms with van der Waals surface area (Å²) in [6.07, 6.45) is -2.46. The highest BCUT2D eigenvalue weighted by Crippen LogP contribution is 2.30. The SMILES string of the molecule is CC(F)(F)c1cc(Cn2cnc(C(F)F)c(Oc3cc(Cl)cc(C#N)c3)c2=O)c(=O)[nH]n1. The lowest BCUT2D eigenvalue weighted by molar-refractivity contribution is 0.0116. The van der Waals surface area contributed by atoms with Gasteiger partial charge < -0.3 is 4.74 Å². The molecule has 2 aromatic heterocycles. The molecular formula is C19H12ClF4N5O3. The third kappa shape index (κ3) is 4.94. The first-order chi connectivity index (χ1) is 15.0. The Morgan fingerprint density at radius 1 is 1.28 bits per heavy atom. The summed E-state index contributed by atoms with van der Waals surface area (Å²) in [7, 11) is 0. The number of hydrogen-bond acceptors (Lipinski definition) is 6. The van der Waals surface area contributed by atoms with E-state index in [0.29, 0.717) is 6.92 Å². The third-order valence-electron chi connectivity index (χ3n) is 4.12. The molecule has 8 nitrogen and oxygen atoms in total. The fourth-order valence-electron chi connectivity index (χ4n) is 2.62. The molecule has 0 atom stereocenters. The number of benzene rings is 1. The molecule has 0 fully saturated rings. The minimum Gasteiger partial charge on any atom is -0.449 e. The number of hydrogen-bond donors (Lipinski definition) is 1. The van der Waals surface area contributed by atoms with Crippen LogP contribution in [0.2, 0.25) is 5.02 Å². The molecule has 13 heteroatoms. The van der Waals surface area contributed by atoms with Crippen LogP contribution in [0.1, 0.15) is 35.9 Å². The Labute approximate surface area is 181 Å². The molecule has 0 unspecified atom stereocenters. The molecule has 0 bridgehead atoms. The largest absolute Gasteiger partial charge is 0.449 e. The van der Waals surface area contributed by atoms with Gasteiger partial charge in [-0.2, -0.15) is 19.1 Å². The molecule has 0 radical (unpaired) electrons.